The van der Waals surface area contributed by atoms with Crippen LogP contribution in [0.4, 0.5) is 11.4 Å². The molecule has 0 spiro atoms. The van der Waals surface area contributed by atoms with E-state index in [1.165, 1.54) is 11.7 Å². The maximum atomic E-state index is 13.5. The first-order chi connectivity index (χ1) is 16.9. The first-order valence-electron chi connectivity index (χ1n) is 11.6. The summed E-state index contributed by atoms with van der Waals surface area (Å²) in [5.74, 6) is -0.511. The highest BCUT2D eigenvalue weighted by molar-refractivity contribution is 5.95. The zero-order chi connectivity index (χ0) is 24.5. The minimum atomic E-state index is -0.335. The number of anilines is 2. The van der Waals surface area contributed by atoms with Crippen LogP contribution in [0, 0.1) is 0 Å². The first-order valence-corrected chi connectivity index (χ1v) is 11.6. The van der Waals surface area contributed by atoms with Crippen LogP contribution >= 0.6 is 0 Å². The zero-order valence-corrected chi connectivity index (χ0v) is 19.7. The second-order valence-corrected chi connectivity index (χ2v) is 8.85. The molecule has 0 radical (unpaired) electrons. The fourth-order valence-corrected chi connectivity index (χ4v) is 4.84. The summed E-state index contributed by atoms with van der Waals surface area (Å²) in [5.41, 5.74) is 2.28. The van der Waals surface area contributed by atoms with Gasteiger partial charge in [0.2, 0.25) is 5.91 Å². The average Bonchev–Trinajstić information content (AvgIpc) is 3.47. The number of methoxy groups -OCH3 is 1. The number of nitrogens with zero attached hydrogens (tertiary/aromatic N) is 4. The van der Waals surface area contributed by atoms with Crippen LogP contribution < -0.4 is 10.9 Å². The van der Waals surface area contributed by atoms with E-state index in [1.54, 1.807) is 17.3 Å². The van der Waals surface area contributed by atoms with Crippen LogP contribution in [0.25, 0.3) is 21.7 Å². The number of ether oxygens (including phenoxy) is 1. The van der Waals surface area contributed by atoms with Crippen LogP contribution in [0.15, 0.2) is 59.7 Å². The van der Waals surface area contributed by atoms with Gasteiger partial charge in [0.15, 0.2) is 0 Å². The highest BCUT2D eigenvalue weighted by atomic mass is 16.5. The molecule has 0 bridgehead atoms. The fraction of sp³-hybridized carbons (Fsp3) is 0.308. The van der Waals surface area contributed by atoms with Crippen LogP contribution in [0.5, 0.6) is 0 Å². The van der Waals surface area contributed by atoms with Crippen molar-refractivity contribution in [1.29, 1.82) is 0 Å². The van der Waals surface area contributed by atoms with E-state index in [4.69, 9.17) is 4.74 Å². The number of carbonyl (C=O) groups is 2. The number of nitrogens with one attached hydrogen (secondary N) is 1. The molecule has 0 aliphatic carbocycles. The summed E-state index contributed by atoms with van der Waals surface area (Å²) in [7, 11) is 3.24. The number of pyridine rings is 1. The number of hydrogen-bond donors (Lipinski definition) is 1. The van der Waals surface area contributed by atoms with Crippen molar-refractivity contribution >= 4 is 44.9 Å². The number of esters is 1. The van der Waals surface area contributed by atoms with Gasteiger partial charge in [-0.1, -0.05) is 12.1 Å². The van der Waals surface area contributed by atoms with E-state index >= 15 is 0 Å². The van der Waals surface area contributed by atoms with Gasteiger partial charge in [0, 0.05) is 36.9 Å². The summed E-state index contributed by atoms with van der Waals surface area (Å²) >= 11 is 0. The maximum Gasteiger partial charge on any atom is 0.307 e. The average molecular weight is 474 g/mol. The highest BCUT2D eigenvalue weighted by Gasteiger charge is 2.30. The van der Waals surface area contributed by atoms with Crippen molar-refractivity contribution in [2.45, 2.75) is 31.8 Å². The summed E-state index contributed by atoms with van der Waals surface area (Å²) < 4.78 is 8.02. The van der Waals surface area contributed by atoms with Gasteiger partial charge in [-0.3, -0.25) is 19.1 Å². The quantitative estimate of drug-likeness (QED) is 0.432. The second-order valence-electron chi connectivity index (χ2n) is 8.85. The molecule has 1 atom stereocenters. The Morgan fingerprint density at radius 1 is 1.17 bits per heavy atom. The molecule has 2 aromatic heterocycles. The number of carbonyl (C=O) groups excluding carboxylic acids is 2. The molecule has 1 fully saturated rings. The van der Waals surface area contributed by atoms with Gasteiger partial charge in [-0.15, -0.1) is 0 Å². The second kappa shape index (κ2) is 9.25. The van der Waals surface area contributed by atoms with Crippen molar-refractivity contribution in [2.75, 3.05) is 19.0 Å². The maximum absolute atomic E-state index is 13.5. The summed E-state index contributed by atoms with van der Waals surface area (Å²) in [5, 5.41) is 9.94. The van der Waals surface area contributed by atoms with Crippen LogP contribution in [0.2, 0.25) is 0 Å². The van der Waals surface area contributed by atoms with E-state index in [0.717, 1.165) is 34.8 Å². The SMILES string of the molecule is COC(=O)CC1CCCN1C(=O)Cn1ccc2cccc(Nc3ccc4c(cnn4C)c3)c2c1=O. The Morgan fingerprint density at radius 3 is 2.86 bits per heavy atom. The minimum Gasteiger partial charge on any atom is -0.469 e. The molecule has 5 rings (SSSR count). The van der Waals surface area contributed by atoms with E-state index in [1.807, 2.05) is 54.2 Å². The van der Waals surface area contributed by atoms with Gasteiger partial charge in [0.1, 0.15) is 6.54 Å². The lowest BCUT2D eigenvalue weighted by molar-refractivity contribution is -0.143. The van der Waals surface area contributed by atoms with Gasteiger partial charge in [-0.25, -0.2) is 0 Å². The summed E-state index contributed by atoms with van der Waals surface area (Å²) in [4.78, 5) is 40.0. The van der Waals surface area contributed by atoms with Gasteiger partial charge in [-0.05, 0) is 48.6 Å². The zero-order valence-electron chi connectivity index (χ0n) is 19.7. The van der Waals surface area contributed by atoms with Crippen LogP contribution in [-0.2, 0) is 27.9 Å². The summed E-state index contributed by atoms with van der Waals surface area (Å²) in [6, 6.07) is 13.2. The van der Waals surface area contributed by atoms with E-state index in [9.17, 15) is 14.4 Å². The van der Waals surface area contributed by atoms with Crippen LogP contribution in [0.3, 0.4) is 0 Å². The van der Waals surface area contributed by atoms with Crippen molar-refractivity contribution in [1.82, 2.24) is 19.2 Å². The van der Waals surface area contributed by atoms with Crippen LogP contribution in [0.1, 0.15) is 19.3 Å². The van der Waals surface area contributed by atoms with Gasteiger partial charge in [0.25, 0.3) is 5.56 Å². The molecule has 9 nitrogen and oxygen atoms in total. The molecule has 1 amide bonds. The fourth-order valence-electron chi connectivity index (χ4n) is 4.84. The number of benzene rings is 2. The molecule has 1 aliphatic rings. The molecule has 1 unspecified atom stereocenters. The Bertz CT molecular complexity index is 1490. The van der Waals surface area contributed by atoms with E-state index in [-0.39, 0.29) is 36.4 Å². The lowest BCUT2D eigenvalue weighted by Gasteiger charge is -2.24. The number of aromatic nitrogens is 3. The van der Waals surface area contributed by atoms with Crippen LogP contribution in [-0.4, -0.2) is 50.8 Å². The molecule has 0 saturated carbocycles. The van der Waals surface area contributed by atoms with Crippen molar-refractivity contribution < 1.29 is 14.3 Å². The van der Waals surface area contributed by atoms with Gasteiger partial charge in [0.05, 0.1) is 36.3 Å². The smallest absolute Gasteiger partial charge is 0.307 e. The minimum absolute atomic E-state index is 0.0809. The molecule has 9 heteroatoms. The Balaban J connectivity index is 1.43. The molecule has 3 heterocycles. The third-order valence-corrected chi connectivity index (χ3v) is 6.66. The number of hydrogen-bond acceptors (Lipinski definition) is 6. The van der Waals surface area contributed by atoms with Crippen molar-refractivity contribution in [2.24, 2.45) is 7.05 Å². The normalized spacial score (nSPS) is 15.6. The highest BCUT2D eigenvalue weighted by Crippen LogP contribution is 2.26. The van der Waals surface area contributed by atoms with E-state index < -0.39 is 0 Å². The van der Waals surface area contributed by atoms with Crippen molar-refractivity contribution in [3.8, 4) is 0 Å². The molecule has 35 heavy (non-hydrogen) atoms. The Labute approximate surface area is 201 Å². The molecular formula is C26H27N5O4. The number of rotatable bonds is 6. The molecule has 1 aliphatic heterocycles. The Hall–Kier alpha value is -4.14. The monoisotopic (exact) mass is 473 g/mol. The number of amides is 1. The predicted molar refractivity (Wildman–Crippen MR) is 134 cm³/mol. The topological polar surface area (TPSA) is 98.5 Å². The lowest BCUT2D eigenvalue weighted by Crippen LogP contribution is -2.40. The van der Waals surface area contributed by atoms with Gasteiger partial charge >= 0.3 is 5.97 Å². The van der Waals surface area contributed by atoms with Gasteiger partial charge < -0.3 is 19.5 Å². The largest absolute Gasteiger partial charge is 0.469 e. The molecule has 4 aromatic rings. The van der Waals surface area contributed by atoms with Gasteiger partial charge in [-0.2, -0.15) is 5.10 Å². The molecule has 180 valence electrons. The third-order valence-electron chi connectivity index (χ3n) is 6.66. The molecule has 2 aromatic carbocycles. The van der Waals surface area contributed by atoms with E-state index in [2.05, 4.69) is 10.4 Å². The predicted octanol–water partition coefficient (Wildman–Crippen LogP) is 3.19. The van der Waals surface area contributed by atoms with E-state index in [0.29, 0.717) is 17.6 Å². The molecule has 1 N–H and O–H groups in total. The standard InChI is InChI=1S/C26H27N5O4/c1-29-22-9-8-19(13-18(22)15-27-29)28-21-7-3-5-17-10-12-30(26(34)25(17)21)16-23(32)31-11-4-6-20(31)14-24(33)35-2/h3,5,7-10,12-13,15,20,28H,4,6,11,14,16H2,1-2H3. The summed E-state index contributed by atoms with van der Waals surface area (Å²) in [6.07, 6.45) is 5.20. The molecular weight excluding hydrogens is 446 g/mol. The first kappa shape index (κ1) is 22.6. The Kier molecular flexibility index (Phi) is 5.98. The van der Waals surface area contributed by atoms with Crippen molar-refractivity contribution in [3.05, 3.63) is 65.2 Å². The third kappa shape index (κ3) is 4.37. The number of likely N-dealkylation sites (tertiary alicyclic amines) is 1. The summed E-state index contributed by atoms with van der Waals surface area (Å²) in [6.45, 7) is 0.495. The lowest BCUT2D eigenvalue weighted by atomic mass is 10.1. The number of fused-ring (bicyclic) bond motifs is 2. The number of aryl methyl sites for hydroxylation is 1. The molecule has 1 saturated heterocycles. The van der Waals surface area contributed by atoms with Crippen molar-refractivity contribution in [3.63, 3.8) is 0 Å². The Morgan fingerprint density at radius 2 is 2.03 bits per heavy atom.